The minimum atomic E-state index is -1.08. The van der Waals surface area contributed by atoms with Crippen LogP contribution in [0.4, 0.5) is 5.69 Å². The Morgan fingerprint density at radius 1 is 1.16 bits per heavy atom. The van der Waals surface area contributed by atoms with E-state index in [4.69, 9.17) is 5.11 Å². The van der Waals surface area contributed by atoms with Gasteiger partial charge in [-0.2, -0.15) is 0 Å². The zero-order chi connectivity index (χ0) is 14.4. The molecule has 0 atom stereocenters. The van der Waals surface area contributed by atoms with Gasteiger partial charge in [0.25, 0.3) is 0 Å². The predicted molar refractivity (Wildman–Crippen MR) is 71.3 cm³/mol. The highest BCUT2D eigenvalue weighted by molar-refractivity contribution is 5.97. The van der Waals surface area contributed by atoms with Gasteiger partial charge in [-0.25, -0.2) is 0 Å². The fourth-order valence-electron chi connectivity index (χ4n) is 1.55. The maximum atomic E-state index is 12.0. The van der Waals surface area contributed by atoms with Crippen LogP contribution in [0.25, 0.3) is 0 Å². The number of phenols is 1. The molecule has 0 aliphatic heterocycles. The largest absolute Gasteiger partial charge is 0.508 e. The number of benzene rings is 1. The molecule has 0 heterocycles. The third kappa shape index (κ3) is 4.97. The number of carbonyl (C=O) groups excluding carboxylic acids is 1. The maximum absolute atomic E-state index is 12.0. The molecular formula is C13H18N2O4. The third-order valence-corrected chi connectivity index (χ3v) is 2.53. The van der Waals surface area contributed by atoms with Crippen LogP contribution in [0.15, 0.2) is 24.3 Å². The van der Waals surface area contributed by atoms with Gasteiger partial charge in [-0.3, -0.25) is 9.59 Å². The normalized spacial score (nSPS) is 10.5. The Labute approximate surface area is 111 Å². The molecule has 0 aromatic heterocycles. The molecule has 0 fully saturated rings. The number of anilines is 1. The Morgan fingerprint density at radius 2 is 1.74 bits per heavy atom. The highest BCUT2D eigenvalue weighted by atomic mass is 16.4. The van der Waals surface area contributed by atoms with Gasteiger partial charge in [-0.15, -0.1) is 0 Å². The number of rotatable bonds is 6. The molecular weight excluding hydrogens is 248 g/mol. The Kier molecular flexibility index (Phi) is 5.32. The van der Waals surface area contributed by atoms with Gasteiger partial charge in [0.2, 0.25) is 5.91 Å². The molecule has 1 amide bonds. The molecule has 104 valence electrons. The molecule has 19 heavy (non-hydrogen) atoms. The first kappa shape index (κ1) is 15.0. The quantitative estimate of drug-likeness (QED) is 0.794. The second kappa shape index (κ2) is 6.75. The molecule has 0 bridgehead atoms. The van der Waals surface area contributed by atoms with Gasteiger partial charge in [0, 0.05) is 18.7 Å². The van der Waals surface area contributed by atoms with Crippen molar-refractivity contribution in [1.29, 1.82) is 0 Å². The molecule has 6 heteroatoms. The van der Waals surface area contributed by atoms with E-state index in [2.05, 4.69) is 0 Å². The van der Waals surface area contributed by atoms with Gasteiger partial charge in [-0.05, 0) is 38.4 Å². The average Bonchev–Trinajstić information content (AvgIpc) is 2.34. The van der Waals surface area contributed by atoms with Gasteiger partial charge in [-0.1, -0.05) is 0 Å². The monoisotopic (exact) mass is 266 g/mol. The number of nitrogens with zero attached hydrogens (tertiary/aromatic N) is 2. The molecule has 0 aliphatic rings. The summed E-state index contributed by atoms with van der Waals surface area (Å²) in [4.78, 5) is 25.9. The van der Waals surface area contributed by atoms with Gasteiger partial charge in [0.1, 0.15) is 12.3 Å². The van der Waals surface area contributed by atoms with E-state index >= 15 is 0 Å². The van der Waals surface area contributed by atoms with Crippen molar-refractivity contribution < 1.29 is 19.8 Å². The minimum Gasteiger partial charge on any atom is -0.508 e. The summed E-state index contributed by atoms with van der Waals surface area (Å²) in [5, 5.41) is 18.1. The summed E-state index contributed by atoms with van der Waals surface area (Å²) in [7, 11) is 3.69. The lowest BCUT2D eigenvalue weighted by Gasteiger charge is -2.21. The smallest absolute Gasteiger partial charge is 0.323 e. The minimum absolute atomic E-state index is 0.0692. The Balaban J connectivity index is 2.84. The van der Waals surface area contributed by atoms with E-state index in [1.54, 1.807) is 0 Å². The Bertz CT molecular complexity index is 442. The maximum Gasteiger partial charge on any atom is 0.323 e. The molecule has 6 nitrogen and oxygen atoms in total. The second-order valence-electron chi connectivity index (χ2n) is 4.44. The van der Waals surface area contributed by atoms with Crippen LogP contribution in [0, 0.1) is 0 Å². The number of aliphatic carboxylic acids is 1. The van der Waals surface area contributed by atoms with Gasteiger partial charge in [0.05, 0.1) is 0 Å². The van der Waals surface area contributed by atoms with Gasteiger partial charge >= 0.3 is 5.97 Å². The van der Waals surface area contributed by atoms with Crippen LogP contribution < -0.4 is 4.90 Å². The van der Waals surface area contributed by atoms with Crippen molar-refractivity contribution in [2.75, 3.05) is 32.1 Å². The Hall–Kier alpha value is -2.08. The van der Waals surface area contributed by atoms with Crippen molar-refractivity contribution in [2.45, 2.75) is 6.42 Å². The molecule has 0 spiro atoms. The second-order valence-corrected chi connectivity index (χ2v) is 4.44. The van der Waals surface area contributed by atoms with Crippen molar-refractivity contribution in [3.63, 3.8) is 0 Å². The predicted octanol–water partition coefficient (Wildman–Crippen LogP) is 0.761. The fourth-order valence-corrected chi connectivity index (χ4v) is 1.55. The van der Waals surface area contributed by atoms with Crippen molar-refractivity contribution in [3.8, 4) is 5.75 Å². The van der Waals surface area contributed by atoms with Gasteiger partial charge in [0.15, 0.2) is 0 Å². The Morgan fingerprint density at radius 3 is 2.21 bits per heavy atom. The van der Waals surface area contributed by atoms with Crippen LogP contribution in [-0.4, -0.2) is 54.2 Å². The molecule has 0 saturated carbocycles. The molecule has 0 saturated heterocycles. The molecule has 1 rings (SSSR count). The summed E-state index contributed by atoms with van der Waals surface area (Å²) in [5.41, 5.74) is 0.462. The fraction of sp³-hybridized carbons (Fsp3) is 0.385. The van der Waals surface area contributed by atoms with Crippen molar-refractivity contribution in [3.05, 3.63) is 24.3 Å². The zero-order valence-corrected chi connectivity index (χ0v) is 11.0. The van der Waals surface area contributed by atoms with Crippen molar-refractivity contribution >= 4 is 17.6 Å². The molecule has 0 radical (unpaired) electrons. The molecule has 0 unspecified atom stereocenters. The van der Waals surface area contributed by atoms with E-state index in [0.29, 0.717) is 12.2 Å². The van der Waals surface area contributed by atoms with E-state index < -0.39 is 12.5 Å². The average molecular weight is 266 g/mol. The summed E-state index contributed by atoms with van der Waals surface area (Å²) in [6.45, 7) is 0.157. The molecule has 1 aromatic carbocycles. The van der Waals surface area contributed by atoms with Crippen LogP contribution in [0.5, 0.6) is 5.75 Å². The van der Waals surface area contributed by atoms with Crippen LogP contribution in [0.2, 0.25) is 0 Å². The van der Waals surface area contributed by atoms with Crippen molar-refractivity contribution in [1.82, 2.24) is 4.90 Å². The van der Waals surface area contributed by atoms with Crippen LogP contribution in [0.1, 0.15) is 6.42 Å². The number of carboxylic acid groups (broad SMARTS) is 1. The number of aromatic hydroxyl groups is 1. The first-order chi connectivity index (χ1) is 8.90. The number of phenolic OH excluding ortho intramolecular Hbond substituents is 1. The standard InChI is InChI=1S/C13H18N2O4/c1-14(2)8-7-12(17)15(9-13(18)19)10-3-5-11(16)6-4-10/h3-6,16H,7-9H2,1-2H3,(H,18,19). The summed E-state index contributed by atoms with van der Waals surface area (Å²) < 4.78 is 0. The lowest BCUT2D eigenvalue weighted by atomic mass is 10.2. The van der Waals surface area contributed by atoms with E-state index in [1.807, 2.05) is 19.0 Å². The molecule has 0 aliphatic carbocycles. The SMILES string of the molecule is CN(C)CCC(=O)N(CC(=O)O)c1ccc(O)cc1. The van der Waals surface area contributed by atoms with E-state index in [0.717, 1.165) is 0 Å². The first-order valence-corrected chi connectivity index (χ1v) is 5.86. The summed E-state index contributed by atoms with van der Waals surface area (Å²) in [5.74, 6) is -1.27. The summed E-state index contributed by atoms with van der Waals surface area (Å²) >= 11 is 0. The third-order valence-electron chi connectivity index (χ3n) is 2.53. The lowest BCUT2D eigenvalue weighted by Crippen LogP contribution is -2.37. The number of carboxylic acids is 1. The number of hydrogen-bond donors (Lipinski definition) is 2. The van der Waals surface area contributed by atoms with Crippen LogP contribution in [0.3, 0.4) is 0 Å². The summed E-state index contributed by atoms with van der Waals surface area (Å²) in [6, 6.07) is 5.88. The van der Waals surface area contributed by atoms with Crippen LogP contribution in [-0.2, 0) is 9.59 Å². The topological polar surface area (TPSA) is 81.1 Å². The number of hydrogen-bond acceptors (Lipinski definition) is 4. The summed E-state index contributed by atoms with van der Waals surface area (Å²) in [6.07, 6.45) is 0.237. The van der Waals surface area contributed by atoms with E-state index in [9.17, 15) is 14.7 Å². The highest BCUT2D eigenvalue weighted by Crippen LogP contribution is 2.19. The molecule has 1 aromatic rings. The number of amides is 1. The van der Waals surface area contributed by atoms with Crippen molar-refractivity contribution in [2.24, 2.45) is 0 Å². The van der Waals surface area contributed by atoms with Crippen LogP contribution >= 0.6 is 0 Å². The van der Waals surface area contributed by atoms with Gasteiger partial charge < -0.3 is 20.0 Å². The first-order valence-electron chi connectivity index (χ1n) is 5.86. The van der Waals surface area contributed by atoms with E-state index in [-0.39, 0.29) is 18.1 Å². The zero-order valence-electron chi connectivity index (χ0n) is 11.0. The highest BCUT2D eigenvalue weighted by Gasteiger charge is 2.18. The molecule has 2 N–H and O–H groups in total. The van der Waals surface area contributed by atoms with E-state index in [1.165, 1.54) is 29.2 Å². The number of carbonyl (C=O) groups is 2. The lowest BCUT2D eigenvalue weighted by molar-refractivity contribution is -0.136.